The topological polar surface area (TPSA) is 76.2 Å². The summed E-state index contributed by atoms with van der Waals surface area (Å²) in [4.78, 5) is 10.2. The molecule has 5 nitrogen and oxygen atoms in total. The number of nitrogens with zero attached hydrogens (tertiary/aromatic N) is 2. The molecule has 0 aliphatic heterocycles. The fourth-order valence-corrected chi connectivity index (χ4v) is 1.29. The van der Waals surface area contributed by atoms with Gasteiger partial charge >= 0.3 is 0 Å². The molecule has 1 aromatic rings. The van der Waals surface area contributed by atoms with Crippen LogP contribution in [0.25, 0.3) is 0 Å². The summed E-state index contributed by atoms with van der Waals surface area (Å²) >= 11 is 0. The van der Waals surface area contributed by atoms with Crippen LogP contribution < -0.4 is 4.74 Å². The van der Waals surface area contributed by atoms with E-state index in [1.165, 1.54) is 6.07 Å². The largest absolute Gasteiger partial charge is 0.493 e. The lowest BCUT2D eigenvalue weighted by Crippen LogP contribution is -2.00. The van der Waals surface area contributed by atoms with Gasteiger partial charge in [0.2, 0.25) is 0 Å². The molecule has 16 heavy (non-hydrogen) atoms. The second-order valence-corrected chi connectivity index (χ2v) is 3.27. The standard InChI is InChI=1S/C11H12N2O3/c1-9-10(13(14)15)5-4-6-11(9)16-8-3-2-7-12/h4-6H,2-3,8H2,1H3. The highest BCUT2D eigenvalue weighted by Gasteiger charge is 2.13. The van der Waals surface area contributed by atoms with Gasteiger partial charge in [0.15, 0.2) is 0 Å². The Labute approximate surface area is 93.4 Å². The lowest BCUT2D eigenvalue weighted by molar-refractivity contribution is -0.385. The zero-order chi connectivity index (χ0) is 12.0. The predicted molar refractivity (Wildman–Crippen MR) is 58.2 cm³/mol. The maximum atomic E-state index is 10.7. The first kappa shape index (κ1) is 12.0. The summed E-state index contributed by atoms with van der Waals surface area (Å²) < 4.78 is 5.37. The van der Waals surface area contributed by atoms with E-state index in [0.717, 1.165) is 0 Å². The van der Waals surface area contributed by atoms with Gasteiger partial charge in [-0.25, -0.2) is 0 Å². The minimum atomic E-state index is -0.433. The predicted octanol–water partition coefficient (Wildman–Crippen LogP) is 2.59. The summed E-state index contributed by atoms with van der Waals surface area (Å²) in [5.41, 5.74) is 0.572. The molecule has 84 valence electrons. The Morgan fingerprint density at radius 1 is 1.56 bits per heavy atom. The monoisotopic (exact) mass is 220 g/mol. The van der Waals surface area contributed by atoms with Crippen LogP contribution in [0.4, 0.5) is 5.69 Å². The maximum Gasteiger partial charge on any atom is 0.276 e. The molecule has 0 heterocycles. The number of nitro groups is 1. The average Bonchev–Trinajstić information content (AvgIpc) is 2.26. The summed E-state index contributed by atoms with van der Waals surface area (Å²) in [6.45, 7) is 2.05. The van der Waals surface area contributed by atoms with Crippen molar-refractivity contribution < 1.29 is 9.66 Å². The van der Waals surface area contributed by atoms with E-state index in [1.807, 2.05) is 6.07 Å². The molecule has 0 aliphatic rings. The van der Waals surface area contributed by atoms with E-state index in [9.17, 15) is 10.1 Å². The summed E-state index contributed by atoms with van der Waals surface area (Å²) in [5, 5.41) is 19.0. The summed E-state index contributed by atoms with van der Waals surface area (Å²) in [7, 11) is 0. The van der Waals surface area contributed by atoms with Gasteiger partial charge in [-0.2, -0.15) is 5.26 Å². The van der Waals surface area contributed by atoms with Crippen LogP contribution in [0.2, 0.25) is 0 Å². The van der Waals surface area contributed by atoms with Gasteiger partial charge in [-0.05, 0) is 19.4 Å². The van der Waals surface area contributed by atoms with Crippen molar-refractivity contribution in [3.8, 4) is 11.8 Å². The zero-order valence-electron chi connectivity index (χ0n) is 8.97. The summed E-state index contributed by atoms with van der Waals surface area (Å²) in [6, 6.07) is 6.73. The van der Waals surface area contributed by atoms with Crippen LogP contribution in [-0.2, 0) is 0 Å². The molecule has 0 unspecified atom stereocenters. The van der Waals surface area contributed by atoms with E-state index in [0.29, 0.717) is 30.8 Å². The first-order valence-corrected chi connectivity index (χ1v) is 4.90. The molecular formula is C11H12N2O3. The van der Waals surface area contributed by atoms with Gasteiger partial charge in [-0.1, -0.05) is 6.07 Å². The second kappa shape index (κ2) is 5.71. The number of ether oxygens (including phenoxy) is 1. The smallest absolute Gasteiger partial charge is 0.276 e. The number of benzene rings is 1. The molecule has 0 spiro atoms. The molecule has 0 saturated heterocycles. The number of nitro benzene ring substituents is 1. The van der Waals surface area contributed by atoms with Crippen LogP contribution >= 0.6 is 0 Å². The molecule has 0 saturated carbocycles. The highest BCUT2D eigenvalue weighted by Crippen LogP contribution is 2.26. The fourth-order valence-electron chi connectivity index (χ4n) is 1.29. The number of hydrogen-bond acceptors (Lipinski definition) is 4. The molecule has 1 rings (SSSR count). The molecule has 1 aromatic carbocycles. The molecule has 0 atom stereocenters. The third kappa shape index (κ3) is 2.95. The average molecular weight is 220 g/mol. The van der Waals surface area contributed by atoms with E-state index in [2.05, 4.69) is 0 Å². The maximum absolute atomic E-state index is 10.7. The molecule has 0 bridgehead atoms. The Kier molecular flexibility index (Phi) is 4.28. The van der Waals surface area contributed by atoms with Gasteiger partial charge in [-0.3, -0.25) is 10.1 Å². The molecule has 0 N–H and O–H groups in total. The van der Waals surface area contributed by atoms with Crippen LogP contribution in [0.1, 0.15) is 18.4 Å². The Morgan fingerprint density at radius 3 is 2.94 bits per heavy atom. The first-order chi connectivity index (χ1) is 7.66. The van der Waals surface area contributed by atoms with E-state index in [4.69, 9.17) is 10.00 Å². The van der Waals surface area contributed by atoms with Gasteiger partial charge in [0.25, 0.3) is 5.69 Å². The molecule has 5 heteroatoms. The molecular weight excluding hydrogens is 208 g/mol. The van der Waals surface area contributed by atoms with Gasteiger partial charge in [0.1, 0.15) is 5.75 Å². The molecule has 0 aliphatic carbocycles. The van der Waals surface area contributed by atoms with Gasteiger partial charge in [0.05, 0.1) is 23.2 Å². The molecule has 0 fully saturated rings. The van der Waals surface area contributed by atoms with Crippen molar-refractivity contribution in [1.29, 1.82) is 5.26 Å². The Morgan fingerprint density at radius 2 is 2.31 bits per heavy atom. The number of rotatable bonds is 5. The van der Waals surface area contributed by atoms with Crippen LogP contribution in [0.5, 0.6) is 5.75 Å². The molecule has 0 aromatic heterocycles. The van der Waals surface area contributed by atoms with Gasteiger partial charge < -0.3 is 4.74 Å². The number of unbranched alkanes of at least 4 members (excludes halogenated alkanes) is 1. The number of nitriles is 1. The van der Waals surface area contributed by atoms with Gasteiger partial charge in [-0.15, -0.1) is 0 Å². The first-order valence-electron chi connectivity index (χ1n) is 4.90. The van der Waals surface area contributed by atoms with Crippen molar-refractivity contribution in [2.75, 3.05) is 6.61 Å². The zero-order valence-corrected chi connectivity index (χ0v) is 8.97. The Bertz CT molecular complexity index is 424. The van der Waals surface area contributed by atoms with Gasteiger partial charge in [0, 0.05) is 12.5 Å². The van der Waals surface area contributed by atoms with Crippen molar-refractivity contribution in [3.63, 3.8) is 0 Å². The second-order valence-electron chi connectivity index (χ2n) is 3.27. The minimum absolute atomic E-state index is 0.0535. The van der Waals surface area contributed by atoms with E-state index in [1.54, 1.807) is 19.1 Å². The van der Waals surface area contributed by atoms with E-state index >= 15 is 0 Å². The van der Waals surface area contributed by atoms with Crippen LogP contribution in [0, 0.1) is 28.4 Å². The summed E-state index contributed by atoms with van der Waals surface area (Å²) in [5.74, 6) is 0.507. The highest BCUT2D eigenvalue weighted by atomic mass is 16.6. The third-order valence-corrected chi connectivity index (χ3v) is 2.14. The Balaban J connectivity index is 2.70. The van der Waals surface area contributed by atoms with Crippen molar-refractivity contribution in [2.45, 2.75) is 19.8 Å². The van der Waals surface area contributed by atoms with Crippen molar-refractivity contribution in [3.05, 3.63) is 33.9 Å². The van der Waals surface area contributed by atoms with Crippen molar-refractivity contribution >= 4 is 5.69 Å². The number of hydrogen-bond donors (Lipinski definition) is 0. The van der Waals surface area contributed by atoms with Crippen LogP contribution in [0.3, 0.4) is 0 Å². The van der Waals surface area contributed by atoms with Crippen molar-refractivity contribution in [2.24, 2.45) is 0 Å². The Hall–Kier alpha value is -2.09. The third-order valence-electron chi connectivity index (χ3n) is 2.14. The summed E-state index contributed by atoms with van der Waals surface area (Å²) in [6.07, 6.45) is 1.05. The lowest BCUT2D eigenvalue weighted by atomic mass is 10.2. The fraction of sp³-hybridized carbons (Fsp3) is 0.364. The SMILES string of the molecule is Cc1c(OCCCC#N)cccc1[N+](=O)[O-]. The highest BCUT2D eigenvalue weighted by molar-refractivity contribution is 5.48. The minimum Gasteiger partial charge on any atom is -0.493 e. The van der Waals surface area contributed by atoms with E-state index < -0.39 is 4.92 Å². The normalized spacial score (nSPS) is 9.50. The molecule has 0 amide bonds. The van der Waals surface area contributed by atoms with Crippen LogP contribution in [-0.4, -0.2) is 11.5 Å². The van der Waals surface area contributed by atoms with Crippen LogP contribution in [0.15, 0.2) is 18.2 Å². The van der Waals surface area contributed by atoms with E-state index in [-0.39, 0.29) is 5.69 Å². The van der Waals surface area contributed by atoms with Crippen molar-refractivity contribution in [1.82, 2.24) is 0 Å². The molecule has 0 radical (unpaired) electrons. The quantitative estimate of drug-likeness (QED) is 0.434. The lowest BCUT2D eigenvalue weighted by Gasteiger charge is -2.07.